The first-order chi connectivity index (χ1) is 69.6. The smallest absolute Gasteiger partial charge is 0.320 e. The average Bonchev–Trinajstić information content (AvgIpc) is 1.81. The zero-order valence-electron chi connectivity index (χ0n) is 98.3. The van der Waals surface area contributed by atoms with E-state index in [1.54, 1.807) is 31.1 Å². The topological polar surface area (TPSA) is 313 Å². The Labute approximate surface area is 892 Å². The van der Waals surface area contributed by atoms with Gasteiger partial charge in [0.1, 0.15) is 0 Å². The second-order valence-electron chi connectivity index (χ2n) is 45.8. The number of piperazine rings is 9. The summed E-state index contributed by atoms with van der Waals surface area (Å²) in [5, 5.41) is 26.6. The summed E-state index contributed by atoms with van der Waals surface area (Å²) in [4.78, 5) is 154. The Morgan fingerprint density at radius 2 is 0.605 bits per heavy atom. The van der Waals surface area contributed by atoms with Gasteiger partial charge in [0.25, 0.3) is 0 Å². The van der Waals surface area contributed by atoms with Gasteiger partial charge in [0.05, 0.1) is 13.2 Å². The molecular weight excluding hydrogens is 1870 g/mol. The molecule has 1 atom stereocenters. The number of hydrogen-bond donors (Lipinski definition) is 3. The second kappa shape index (κ2) is 71.7. The predicted molar refractivity (Wildman–Crippen MR) is 592 cm³/mol. The number of aliphatic hydroxyl groups is 3. The largest absolute Gasteiger partial charge is 0.396 e. The average molecular weight is 2090 g/mol. The van der Waals surface area contributed by atoms with Gasteiger partial charge in [0.15, 0.2) is 0 Å². The van der Waals surface area contributed by atoms with Gasteiger partial charge in [-0.05, 0) is 215 Å². The molecule has 3 N–H and O–H groups in total. The van der Waals surface area contributed by atoms with Crippen molar-refractivity contribution in [1.82, 2.24) is 108 Å². The maximum Gasteiger partial charge on any atom is 0.320 e. The second-order valence-corrected chi connectivity index (χ2v) is 45.8. The number of aliphatic hydroxyl groups excluding tert-OH is 3. The lowest BCUT2D eigenvalue weighted by Gasteiger charge is -2.42. The van der Waals surface area contributed by atoms with Crippen molar-refractivity contribution in [1.29, 1.82) is 0 Å². The van der Waals surface area contributed by atoms with Crippen molar-refractivity contribution in [3.05, 3.63) is 0 Å². The van der Waals surface area contributed by atoms with Gasteiger partial charge in [-0.25, -0.2) is 19.2 Å². The number of carbonyl (C=O) groups is 9. The molecule has 12 aliphatic rings. The Kier molecular flexibility index (Phi) is 65.0. The first kappa shape index (κ1) is 133. The molecule has 0 aromatic carbocycles. The van der Waals surface area contributed by atoms with Gasteiger partial charge in [-0.3, -0.25) is 68.1 Å². The van der Waals surface area contributed by atoms with Crippen LogP contribution in [0.15, 0.2) is 0 Å². The van der Waals surface area contributed by atoms with E-state index < -0.39 is 0 Å². The third kappa shape index (κ3) is 51.2. The van der Waals surface area contributed by atoms with Crippen LogP contribution in [0.25, 0.3) is 0 Å². The molecule has 858 valence electrons. The first-order valence-electron chi connectivity index (χ1n) is 57.1. The molecule has 2 aliphatic carbocycles. The minimum atomic E-state index is 0.0220. The molecule has 10 heterocycles. The van der Waals surface area contributed by atoms with E-state index >= 15 is 0 Å². The first-order valence-corrected chi connectivity index (χ1v) is 57.1. The molecule has 0 bridgehead atoms. The molecule has 0 aromatic heterocycles. The van der Waals surface area contributed by atoms with E-state index in [1.165, 1.54) is 25.7 Å². The summed E-state index contributed by atoms with van der Waals surface area (Å²) in [6.07, 6.45) is 12.4. The van der Waals surface area contributed by atoms with Crippen LogP contribution < -0.4 is 0 Å². The van der Waals surface area contributed by atoms with E-state index in [9.17, 15) is 43.2 Å². The van der Waals surface area contributed by atoms with Crippen LogP contribution >= 0.6 is 0 Å². The highest BCUT2D eigenvalue weighted by Crippen LogP contribution is 2.33. The van der Waals surface area contributed by atoms with E-state index in [2.05, 4.69) is 181 Å². The van der Waals surface area contributed by atoms with Crippen molar-refractivity contribution in [2.45, 2.75) is 308 Å². The van der Waals surface area contributed by atoms with Gasteiger partial charge in [-0.15, -0.1) is 0 Å². The van der Waals surface area contributed by atoms with Crippen LogP contribution in [-0.4, -0.2) is 580 Å². The highest BCUT2D eigenvalue weighted by molar-refractivity contribution is 5.79. The standard InChI is InChI=1S/C14H26N2O2.C14H28N2O2.C12H25N3O2.C12H23N3O.C12H25N3O.C12H24N2O2.C12H22N2O.C11H23N3O2.C11H22N2O2/c1-12(2)15-5-7-16(8-6-15)14(17)11-13-3-9-18-10-4-13;1-5-12(11-17)10-13(18)15-6-8-16(9-7-15)14(2,3)4;1-11(2)14-5-7-15(8-6-14)12(16)13(3)9-10-17-4;1-10(2)14-6-8-15(9-7-14)12(16)13(3)11-4-5-11;1-10(2)13(5)12(16)15-8-6-14(7-9-15)11(3)4;1-11(2)13-6-8-14(9-7-13)12(15)5-4-10-16-3;1-10(2)13-5-7-14(8-6-13)12(15)9-11-3-4-11;1-10(2)13-4-6-14(7-5-13)11(16)12(3)8-9-15;1-10(2)12-5-7-13(8-6-12)11(15)4-3-9-14/h12-13H,3-11H2,1-2H3;12,17H,5-11H2,1-4H3;11H,5-10H2,1-4H3;10-11H,4-9H2,1-3H3;10-11H,6-9H2,1-5H3;11H,4-10H2,1-3H3;10-11H,3-9H2,1-2H3;10,15H,4-9H2,1-3H3;10,14H,3-9H2,1-2H3. The van der Waals surface area contributed by atoms with E-state index in [1.807, 2.05) is 90.9 Å². The summed E-state index contributed by atoms with van der Waals surface area (Å²) >= 11 is 0. The maximum atomic E-state index is 12.2. The number of likely N-dealkylation sites (N-methyl/N-ethyl adjacent to an activating group) is 2. The van der Waals surface area contributed by atoms with Gasteiger partial charge in [0, 0.05) is 422 Å². The lowest BCUT2D eigenvalue weighted by Crippen LogP contribution is -2.54. The van der Waals surface area contributed by atoms with Crippen molar-refractivity contribution >= 4 is 53.7 Å². The number of urea groups is 4. The molecule has 12 rings (SSSR count). The maximum absolute atomic E-state index is 12.2. The summed E-state index contributed by atoms with van der Waals surface area (Å²) in [7, 11) is 10.7. The number of nitrogens with zero attached hydrogens (tertiary/aromatic N) is 22. The van der Waals surface area contributed by atoms with Crippen LogP contribution in [0.1, 0.15) is 242 Å². The van der Waals surface area contributed by atoms with Gasteiger partial charge in [0.2, 0.25) is 29.5 Å². The molecule has 37 heteroatoms. The predicted octanol–water partition coefficient (Wildman–Crippen LogP) is 8.78. The molecule has 12 fully saturated rings. The van der Waals surface area contributed by atoms with E-state index in [-0.39, 0.29) is 79.2 Å². The van der Waals surface area contributed by atoms with Crippen LogP contribution in [0.2, 0.25) is 0 Å². The number of methoxy groups -OCH3 is 2. The number of ether oxygens (including phenoxy) is 3. The van der Waals surface area contributed by atoms with Gasteiger partial charge < -0.3 is 93.2 Å². The van der Waals surface area contributed by atoms with Crippen LogP contribution in [0.5, 0.6) is 0 Å². The Morgan fingerprint density at radius 3 is 0.878 bits per heavy atom. The summed E-state index contributed by atoms with van der Waals surface area (Å²) in [5.41, 5.74) is 0.187. The number of hydrogen-bond acceptors (Lipinski definition) is 24. The van der Waals surface area contributed by atoms with E-state index in [0.717, 1.165) is 293 Å². The van der Waals surface area contributed by atoms with Crippen molar-refractivity contribution in [3.63, 3.8) is 0 Å². The molecule has 37 nitrogen and oxygen atoms in total. The van der Waals surface area contributed by atoms with Crippen molar-refractivity contribution in [2.24, 2.45) is 17.8 Å². The molecular formula is C110H218N22O15. The van der Waals surface area contributed by atoms with E-state index in [0.29, 0.717) is 124 Å². The number of amides is 13. The highest BCUT2D eigenvalue weighted by atomic mass is 16.5. The molecule has 10 aliphatic heterocycles. The van der Waals surface area contributed by atoms with Gasteiger partial charge in [-0.1, -0.05) is 13.3 Å². The Morgan fingerprint density at radius 1 is 0.327 bits per heavy atom. The zero-order valence-corrected chi connectivity index (χ0v) is 98.3. The summed E-state index contributed by atoms with van der Waals surface area (Å²) in [5.74, 6) is 2.80. The van der Waals surface area contributed by atoms with Gasteiger partial charge >= 0.3 is 24.1 Å². The lowest BCUT2D eigenvalue weighted by molar-refractivity contribution is -0.135. The van der Waals surface area contributed by atoms with Gasteiger partial charge in [-0.2, -0.15) is 0 Å². The molecule has 13 amide bonds. The monoisotopic (exact) mass is 2090 g/mol. The molecule has 0 radical (unpaired) electrons. The highest BCUT2D eigenvalue weighted by Gasteiger charge is 2.37. The van der Waals surface area contributed by atoms with Crippen LogP contribution in [-0.2, 0) is 38.2 Å². The summed E-state index contributed by atoms with van der Waals surface area (Å²) < 4.78 is 15.3. The van der Waals surface area contributed by atoms with Crippen molar-refractivity contribution in [3.8, 4) is 0 Å². The SMILES string of the molecule is CC(C)N1CCN(C(=O)CC2CC2)CC1.CC(C)N1CCN(C(=O)CC2CCOCC2)CC1.CC(C)N1CCN(C(=O)CCCO)CC1.CC(C)N1CCN(C(=O)N(C)C(C)C)CC1.CC(C)N1CCN(C(=O)N(C)C2CC2)CC1.CC(C)N1CCN(C(=O)N(C)CCO)CC1.CCC(CO)CC(=O)N1CCN(C(C)(C)C)CC1.COCCCC(=O)N1CCN(C(C)C)CC1.COCCN(C)C(=O)N1CCN(C(C)C)CC1. The summed E-state index contributed by atoms with van der Waals surface area (Å²) in [6.45, 7) is 85.5. The van der Waals surface area contributed by atoms with Crippen LogP contribution in [0.3, 0.4) is 0 Å². The molecule has 1 unspecified atom stereocenters. The van der Waals surface area contributed by atoms with Crippen molar-refractivity contribution in [2.75, 3.05) is 337 Å². The zero-order chi connectivity index (χ0) is 110. The fourth-order valence-electron chi connectivity index (χ4n) is 19.3. The minimum Gasteiger partial charge on any atom is -0.396 e. The molecule has 2 saturated carbocycles. The third-order valence-corrected chi connectivity index (χ3v) is 31.2. The Bertz CT molecular complexity index is 3510. The minimum absolute atomic E-state index is 0.0220. The number of rotatable bonds is 30. The quantitative estimate of drug-likeness (QED) is 0.0566. The molecule has 0 aromatic rings. The molecule has 0 spiro atoms. The molecule has 147 heavy (non-hydrogen) atoms. The van der Waals surface area contributed by atoms with E-state index in [4.69, 9.17) is 29.5 Å². The normalized spacial score (nSPS) is 20.0. The van der Waals surface area contributed by atoms with Crippen LogP contribution in [0, 0.1) is 17.8 Å². The van der Waals surface area contributed by atoms with Crippen LogP contribution in [0.4, 0.5) is 19.2 Å². The Hall–Kier alpha value is -6.17. The molecule has 10 saturated heterocycles. The third-order valence-electron chi connectivity index (χ3n) is 31.2. The van der Waals surface area contributed by atoms with Crippen molar-refractivity contribution < 1.29 is 72.7 Å². The fourth-order valence-corrected chi connectivity index (χ4v) is 19.3. The fraction of sp³-hybridized carbons (Fsp3) is 0.918. The summed E-state index contributed by atoms with van der Waals surface area (Å²) in [6, 6.07) is 6.00. The lowest BCUT2D eigenvalue weighted by atomic mass is 9.96. The number of carbonyl (C=O) groups excluding carboxylic acids is 9. The Balaban J connectivity index is 0.000000345.